The molecule has 0 bridgehead atoms. The van der Waals surface area contributed by atoms with Gasteiger partial charge in [-0.25, -0.2) is 9.18 Å². The fraction of sp³-hybridized carbons (Fsp3) is 0.176. The summed E-state index contributed by atoms with van der Waals surface area (Å²) >= 11 is 0. The van der Waals surface area contributed by atoms with E-state index in [2.05, 4.69) is 15.6 Å². The monoisotopic (exact) mass is 313 g/mol. The van der Waals surface area contributed by atoms with E-state index in [1.807, 2.05) is 18.2 Å². The van der Waals surface area contributed by atoms with Crippen LogP contribution in [0.1, 0.15) is 24.4 Å². The Morgan fingerprint density at radius 1 is 1.30 bits per heavy atom. The highest BCUT2D eigenvalue weighted by Crippen LogP contribution is 2.24. The van der Waals surface area contributed by atoms with Gasteiger partial charge in [-0.2, -0.15) is 0 Å². The first-order chi connectivity index (χ1) is 11.1. The summed E-state index contributed by atoms with van der Waals surface area (Å²) in [7, 11) is 0. The van der Waals surface area contributed by atoms with Crippen molar-refractivity contribution in [3.63, 3.8) is 0 Å². The topological polar surface area (TPSA) is 67.2 Å². The number of carbonyl (C=O) groups excluding carboxylic acids is 1. The largest absolute Gasteiger partial charge is 0.459 e. The molecule has 0 aliphatic rings. The Kier molecular flexibility index (Phi) is 4.23. The van der Waals surface area contributed by atoms with Crippen LogP contribution >= 0.6 is 0 Å². The number of carbonyl (C=O) groups is 1. The molecule has 0 unspecified atom stereocenters. The van der Waals surface area contributed by atoms with Gasteiger partial charge in [-0.1, -0.05) is 6.07 Å². The van der Waals surface area contributed by atoms with Crippen LogP contribution in [-0.4, -0.2) is 11.0 Å². The first-order valence-corrected chi connectivity index (χ1v) is 7.25. The number of pyridine rings is 1. The van der Waals surface area contributed by atoms with Crippen LogP contribution in [0.5, 0.6) is 0 Å². The maximum Gasteiger partial charge on any atom is 0.315 e. The molecule has 118 valence electrons. The summed E-state index contributed by atoms with van der Waals surface area (Å²) in [6, 6.07) is 10.9. The number of rotatable bonds is 4. The molecule has 0 spiro atoms. The Morgan fingerprint density at radius 3 is 2.96 bits per heavy atom. The third kappa shape index (κ3) is 3.66. The molecule has 6 heteroatoms. The number of halogens is 1. The van der Waals surface area contributed by atoms with Crippen molar-refractivity contribution < 1.29 is 13.6 Å². The number of benzene rings is 1. The quantitative estimate of drug-likeness (QED) is 0.774. The van der Waals surface area contributed by atoms with E-state index in [-0.39, 0.29) is 17.9 Å². The summed E-state index contributed by atoms with van der Waals surface area (Å²) < 4.78 is 18.8. The van der Waals surface area contributed by atoms with Gasteiger partial charge in [0.15, 0.2) is 0 Å². The predicted molar refractivity (Wildman–Crippen MR) is 84.2 cm³/mol. The summed E-state index contributed by atoms with van der Waals surface area (Å²) in [5, 5.41) is 6.17. The fourth-order valence-corrected chi connectivity index (χ4v) is 2.24. The SMILES string of the molecule is C[C@@H](NC(=O)NCc1ccccn1)c1cc2cc(F)ccc2o1. The van der Waals surface area contributed by atoms with E-state index in [1.165, 1.54) is 12.1 Å². The minimum atomic E-state index is -0.339. The molecule has 0 saturated carbocycles. The third-order valence-corrected chi connectivity index (χ3v) is 3.43. The van der Waals surface area contributed by atoms with Gasteiger partial charge < -0.3 is 15.1 Å². The maximum atomic E-state index is 13.2. The normalized spacial score (nSPS) is 12.1. The third-order valence-electron chi connectivity index (χ3n) is 3.43. The molecule has 0 aliphatic heterocycles. The lowest BCUT2D eigenvalue weighted by Gasteiger charge is -2.12. The average Bonchev–Trinajstić information content (AvgIpc) is 2.97. The molecule has 0 radical (unpaired) electrons. The summed E-state index contributed by atoms with van der Waals surface area (Å²) in [4.78, 5) is 16.0. The Hall–Kier alpha value is -2.89. The Bertz CT molecular complexity index is 817. The smallest absolute Gasteiger partial charge is 0.315 e. The molecule has 3 aromatic rings. The van der Waals surface area contributed by atoms with Gasteiger partial charge in [-0.3, -0.25) is 4.98 Å². The van der Waals surface area contributed by atoms with E-state index in [9.17, 15) is 9.18 Å². The number of urea groups is 1. The molecule has 0 saturated heterocycles. The standard InChI is InChI=1S/C17H16FN3O2/c1-11(16-9-12-8-13(18)5-6-15(12)23-16)21-17(22)20-10-14-4-2-3-7-19-14/h2-9,11H,10H2,1H3,(H2,20,21,22)/t11-/m1/s1. The predicted octanol–water partition coefficient (Wildman–Crippen LogP) is 3.53. The first kappa shape index (κ1) is 15.0. The van der Waals surface area contributed by atoms with Crippen LogP contribution in [0.2, 0.25) is 0 Å². The maximum absolute atomic E-state index is 13.2. The average molecular weight is 313 g/mol. The Balaban J connectivity index is 1.61. The summed E-state index contributed by atoms with van der Waals surface area (Å²) in [5.74, 6) is 0.247. The van der Waals surface area contributed by atoms with Crippen LogP contribution in [0.15, 0.2) is 53.1 Å². The van der Waals surface area contributed by atoms with Crippen molar-refractivity contribution in [2.45, 2.75) is 19.5 Å². The van der Waals surface area contributed by atoms with Crippen molar-refractivity contribution in [1.82, 2.24) is 15.6 Å². The highest BCUT2D eigenvalue weighted by molar-refractivity contribution is 5.78. The van der Waals surface area contributed by atoms with Crippen molar-refractivity contribution in [1.29, 1.82) is 0 Å². The second-order valence-electron chi connectivity index (χ2n) is 5.20. The molecular formula is C17H16FN3O2. The Morgan fingerprint density at radius 2 is 2.17 bits per heavy atom. The van der Waals surface area contributed by atoms with Crippen molar-refractivity contribution >= 4 is 17.0 Å². The number of aromatic nitrogens is 1. The van der Waals surface area contributed by atoms with Gasteiger partial charge in [0.1, 0.15) is 17.2 Å². The molecule has 2 amide bonds. The van der Waals surface area contributed by atoms with E-state index >= 15 is 0 Å². The molecule has 2 heterocycles. The second-order valence-corrected chi connectivity index (χ2v) is 5.20. The molecule has 5 nitrogen and oxygen atoms in total. The molecule has 1 aromatic carbocycles. The minimum absolute atomic E-state index is 0.321. The Labute approximate surface area is 132 Å². The highest BCUT2D eigenvalue weighted by atomic mass is 19.1. The zero-order chi connectivity index (χ0) is 16.2. The van der Waals surface area contributed by atoms with Crippen molar-refractivity contribution in [2.75, 3.05) is 0 Å². The lowest BCUT2D eigenvalue weighted by molar-refractivity contribution is 0.236. The van der Waals surface area contributed by atoms with Gasteiger partial charge in [0.05, 0.1) is 18.3 Å². The number of hydrogen-bond acceptors (Lipinski definition) is 3. The molecule has 0 fully saturated rings. The first-order valence-electron chi connectivity index (χ1n) is 7.25. The van der Waals surface area contributed by atoms with E-state index in [1.54, 1.807) is 25.3 Å². The van der Waals surface area contributed by atoms with Crippen LogP contribution in [-0.2, 0) is 6.54 Å². The number of hydrogen-bond donors (Lipinski definition) is 2. The van der Waals surface area contributed by atoms with E-state index in [4.69, 9.17) is 4.42 Å². The van der Waals surface area contributed by atoms with Gasteiger partial charge in [0.25, 0.3) is 0 Å². The van der Waals surface area contributed by atoms with Crippen LogP contribution in [0.3, 0.4) is 0 Å². The molecular weight excluding hydrogens is 297 g/mol. The highest BCUT2D eigenvalue weighted by Gasteiger charge is 2.14. The van der Waals surface area contributed by atoms with Gasteiger partial charge in [-0.15, -0.1) is 0 Å². The summed E-state index contributed by atoms with van der Waals surface area (Å²) in [5.41, 5.74) is 1.36. The summed E-state index contributed by atoms with van der Waals surface area (Å²) in [6.07, 6.45) is 1.67. The molecule has 2 N–H and O–H groups in total. The minimum Gasteiger partial charge on any atom is -0.459 e. The zero-order valence-corrected chi connectivity index (χ0v) is 12.5. The number of nitrogens with zero attached hydrogens (tertiary/aromatic N) is 1. The van der Waals surface area contributed by atoms with E-state index < -0.39 is 0 Å². The van der Waals surface area contributed by atoms with Crippen LogP contribution in [0.25, 0.3) is 11.0 Å². The molecule has 23 heavy (non-hydrogen) atoms. The van der Waals surface area contributed by atoms with E-state index in [0.717, 1.165) is 5.69 Å². The lowest BCUT2D eigenvalue weighted by atomic mass is 10.2. The number of fused-ring (bicyclic) bond motifs is 1. The van der Waals surface area contributed by atoms with Crippen molar-refractivity contribution in [3.05, 3.63) is 65.9 Å². The van der Waals surface area contributed by atoms with Gasteiger partial charge in [0, 0.05) is 11.6 Å². The molecule has 2 aromatic heterocycles. The number of furan rings is 1. The number of amides is 2. The van der Waals surface area contributed by atoms with Gasteiger partial charge in [0.2, 0.25) is 0 Å². The second kappa shape index (κ2) is 6.48. The van der Waals surface area contributed by atoms with Gasteiger partial charge >= 0.3 is 6.03 Å². The van der Waals surface area contributed by atoms with Gasteiger partial charge in [-0.05, 0) is 43.3 Å². The van der Waals surface area contributed by atoms with Crippen molar-refractivity contribution in [2.24, 2.45) is 0 Å². The molecule has 0 aliphatic carbocycles. The molecule has 1 atom stereocenters. The fourth-order valence-electron chi connectivity index (χ4n) is 2.24. The molecule has 3 rings (SSSR count). The van der Waals surface area contributed by atoms with Crippen LogP contribution < -0.4 is 10.6 Å². The van der Waals surface area contributed by atoms with Crippen LogP contribution in [0.4, 0.5) is 9.18 Å². The summed E-state index contributed by atoms with van der Waals surface area (Å²) in [6.45, 7) is 2.14. The lowest BCUT2D eigenvalue weighted by Crippen LogP contribution is -2.36. The van der Waals surface area contributed by atoms with E-state index in [0.29, 0.717) is 23.3 Å². The number of nitrogens with one attached hydrogen (secondary N) is 2. The van der Waals surface area contributed by atoms with Crippen molar-refractivity contribution in [3.8, 4) is 0 Å². The van der Waals surface area contributed by atoms with Crippen LogP contribution in [0, 0.1) is 5.82 Å². The zero-order valence-electron chi connectivity index (χ0n) is 12.5.